The first-order valence-corrected chi connectivity index (χ1v) is 5.57. The van der Waals surface area contributed by atoms with E-state index in [1.807, 2.05) is 0 Å². The summed E-state index contributed by atoms with van der Waals surface area (Å²) in [7, 11) is 1.16. The van der Waals surface area contributed by atoms with E-state index in [0.29, 0.717) is 0 Å². The molecule has 0 saturated carbocycles. The fourth-order valence-electron chi connectivity index (χ4n) is 1.84. The first-order chi connectivity index (χ1) is 8.31. The topological polar surface area (TPSA) is 92.8 Å². The summed E-state index contributed by atoms with van der Waals surface area (Å²) < 4.78 is 4.49. The lowest BCUT2D eigenvalue weighted by atomic mass is 9.91. The zero-order valence-electron chi connectivity index (χ0n) is 10.7. The molecule has 0 aromatic heterocycles. The molecule has 4 amide bonds. The van der Waals surface area contributed by atoms with Crippen molar-refractivity contribution in [3.63, 3.8) is 0 Å². The van der Waals surface area contributed by atoms with Crippen LogP contribution < -0.4 is 5.32 Å². The molecule has 100 valence electrons. The van der Waals surface area contributed by atoms with E-state index in [-0.39, 0.29) is 5.92 Å². The first kappa shape index (κ1) is 14.1. The van der Waals surface area contributed by atoms with E-state index in [2.05, 4.69) is 10.1 Å². The zero-order chi connectivity index (χ0) is 14.0. The van der Waals surface area contributed by atoms with Crippen LogP contribution in [-0.2, 0) is 19.1 Å². The summed E-state index contributed by atoms with van der Waals surface area (Å²) in [5.74, 6) is -3.24. The summed E-state index contributed by atoms with van der Waals surface area (Å²) in [6.45, 7) is 4.76. The van der Waals surface area contributed by atoms with Gasteiger partial charge in [0.25, 0.3) is 0 Å². The van der Waals surface area contributed by atoms with E-state index < -0.39 is 35.8 Å². The van der Waals surface area contributed by atoms with Gasteiger partial charge in [0, 0.05) is 0 Å². The molecule has 7 nitrogen and oxygen atoms in total. The van der Waals surface area contributed by atoms with Crippen LogP contribution in [0.5, 0.6) is 0 Å². The molecule has 0 radical (unpaired) electrons. The van der Waals surface area contributed by atoms with Gasteiger partial charge in [-0.3, -0.25) is 14.9 Å². The Morgan fingerprint density at radius 3 is 2.28 bits per heavy atom. The molecule has 1 aliphatic rings. The van der Waals surface area contributed by atoms with Crippen LogP contribution in [0.4, 0.5) is 4.79 Å². The number of rotatable bonds is 3. The number of carbonyl (C=O) groups excluding carboxylic acids is 4. The highest BCUT2D eigenvalue weighted by Gasteiger charge is 2.45. The van der Waals surface area contributed by atoms with Crippen molar-refractivity contribution in [2.75, 3.05) is 7.11 Å². The van der Waals surface area contributed by atoms with Gasteiger partial charge in [-0.05, 0) is 12.8 Å². The third-order valence-electron chi connectivity index (χ3n) is 2.83. The average molecular weight is 256 g/mol. The van der Waals surface area contributed by atoms with Gasteiger partial charge in [-0.25, -0.2) is 14.5 Å². The van der Waals surface area contributed by atoms with Crippen LogP contribution in [0.2, 0.25) is 0 Å². The number of nitrogens with zero attached hydrogens (tertiary/aromatic N) is 1. The third kappa shape index (κ3) is 2.34. The number of nitrogens with one attached hydrogen (secondary N) is 1. The number of carbonyl (C=O) groups is 4. The van der Waals surface area contributed by atoms with Gasteiger partial charge >= 0.3 is 12.0 Å². The average Bonchev–Trinajstić information content (AvgIpc) is 2.26. The highest BCUT2D eigenvalue weighted by molar-refractivity contribution is 6.17. The summed E-state index contributed by atoms with van der Waals surface area (Å²) in [6.07, 6.45) is 0. The fraction of sp³-hybridized carbons (Fsp3) is 0.636. The second-order valence-corrected chi connectivity index (χ2v) is 4.42. The molecule has 1 N–H and O–H groups in total. The molecule has 7 heteroatoms. The number of imide groups is 2. The summed E-state index contributed by atoms with van der Waals surface area (Å²) >= 11 is 0. The second-order valence-electron chi connectivity index (χ2n) is 4.42. The van der Waals surface area contributed by atoms with Crippen LogP contribution in [0.1, 0.15) is 20.8 Å². The molecular weight excluding hydrogens is 240 g/mol. The SMILES string of the molecule is COC(=O)C(C)N1C(=O)NC(=O)C(C(C)C)C1=O. The molecule has 2 atom stereocenters. The van der Waals surface area contributed by atoms with Crippen LogP contribution in [0, 0.1) is 11.8 Å². The largest absolute Gasteiger partial charge is 0.467 e. The molecule has 1 fully saturated rings. The minimum absolute atomic E-state index is 0.266. The molecule has 0 spiro atoms. The van der Waals surface area contributed by atoms with Gasteiger partial charge in [0.05, 0.1) is 7.11 Å². The highest BCUT2D eigenvalue weighted by atomic mass is 16.5. The lowest BCUT2D eigenvalue weighted by Gasteiger charge is -2.34. The van der Waals surface area contributed by atoms with E-state index in [9.17, 15) is 19.2 Å². The molecule has 0 aromatic carbocycles. The number of barbiturate groups is 1. The van der Waals surface area contributed by atoms with Gasteiger partial charge < -0.3 is 4.74 Å². The maximum Gasteiger partial charge on any atom is 0.331 e. The highest BCUT2D eigenvalue weighted by Crippen LogP contribution is 2.20. The van der Waals surface area contributed by atoms with Crippen molar-refractivity contribution < 1.29 is 23.9 Å². The lowest BCUT2D eigenvalue weighted by molar-refractivity contribution is -0.155. The molecule has 1 aliphatic heterocycles. The predicted octanol–water partition coefficient (Wildman–Crippen LogP) is -0.102. The molecule has 2 unspecified atom stereocenters. The zero-order valence-corrected chi connectivity index (χ0v) is 10.7. The quantitative estimate of drug-likeness (QED) is 0.562. The summed E-state index contributed by atoms with van der Waals surface area (Å²) in [5, 5.41) is 2.07. The monoisotopic (exact) mass is 256 g/mol. The van der Waals surface area contributed by atoms with Gasteiger partial charge in [0.1, 0.15) is 12.0 Å². The number of hydrogen-bond donors (Lipinski definition) is 1. The second kappa shape index (κ2) is 5.16. The Hall–Kier alpha value is -1.92. The van der Waals surface area contributed by atoms with E-state index in [4.69, 9.17) is 0 Å². The van der Waals surface area contributed by atoms with E-state index in [1.54, 1.807) is 13.8 Å². The van der Waals surface area contributed by atoms with E-state index in [1.165, 1.54) is 6.92 Å². The van der Waals surface area contributed by atoms with Crippen molar-refractivity contribution in [2.45, 2.75) is 26.8 Å². The van der Waals surface area contributed by atoms with Crippen molar-refractivity contribution in [1.29, 1.82) is 0 Å². The maximum atomic E-state index is 12.1. The number of hydrogen-bond acceptors (Lipinski definition) is 5. The smallest absolute Gasteiger partial charge is 0.331 e. The Balaban J connectivity index is 3.04. The molecule has 0 aliphatic carbocycles. The van der Waals surface area contributed by atoms with E-state index in [0.717, 1.165) is 12.0 Å². The Bertz CT molecular complexity index is 404. The van der Waals surface area contributed by atoms with Gasteiger partial charge in [-0.2, -0.15) is 0 Å². The van der Waals surface area contributed by atoms with Crippen LogP contribution >= 0.6 is 0 Å². The minimum atomic E-state index is -1.06. The molecule has 0 bridgehead atoms. The number of esters is 1. The number of methoxy groups -OCH3 is 1. The molecule has 1 heterocycles. The summed E-state index contributed by atoms with van der Waals surface area (Å²) in [6, 6.07) is -1.95. The van der Waals surface area contributed by atoms with E-state index >= 15 is 0 Å². The minimum Gasteiger partial charge on any atom is -0.467 e. The standard InChI is InChI=1S/C11H16N2O5/c1-5(2)7-8(14)12-11(17)13(9(7)15)6(3)10(16)18-4/h5-7H,1-4H3,(H,12,14,17). The fourth-order valence-corrected chi connectivity index (χ4v) is 1.84. The summed E-state index contributed by atoms with van der Waals surface area (Å²) in [4.78, 5) is 47.4. The third-order valence-corrected chi connectivity index (χ3v) is 2.83. The molecule has 1 rings (SSSR count). The van der Waals surface area contributed by atoms with Crippen molar-refractivity contribution in [1.82, 2.24) is 10.2 Å². The van der Waals surface area contributed by atoms with Crippen LogP contribution in [0.15, 0.2) is 0 Å². The van der Waals surface area contributed by atoms with Crippen LogP contribution in [0.25, 0.3) is 0 Å². The Kier molecular flexibility index (Phi) is 4.05. The lowest BCUT2D eigenvalue weighted by Crippen LogP contribution is -2.62. The maximum absolute atomic E-state index is 12.1. The van der Waals surface area contributed by atoms with Crippen molar-refractivity contribution in [3.05, 3.63) is 0 Å². The van der Waals surface area contributed by atoms with Crippen molar-refractivity contribution in [2.24, 2.45) is 11.8 Å². The molecule has 1 saturated heterocycles. The van der Waals surface area contributed by atoms with Gasteiger partial charge in [-0.1, -0.05) is 13.8 Å². The predicted molar refractivity (Wildman–Crippen MR) is 60.2 cm³/mol. The number of ether oxygens (including phenoxy) is 1. The molecule has 18 heavy (non-hydrogen) atoms. The van der Waals surface area contributed by atoms with Crippen molar-refractivity contribution in [3.8, 4) is 0 Å². The first-order valence-electron chi connectivity index (χ1n) is 5.57. The number of amides is 4. The Morgan fingerprint density at radius 2 is 1.83 bits per heavy atom. The van der Waals surface area contributed by atoms with Gasteiger partial charge in [0.2, 0.25) is 11.8 Å². The van der Waals surface area contributed by atoms with Gasteiger partial charge in [0.15, 0.2) is 0 Å². The Labute approximate surface area is 104 Å². The van der Waals surface area contributed by atoms with Crippen LogP contribution in [0.3, 0.4) is 0 Å². The van der Waals surface area contributed by atoms with Gasteiger partial charge in [-0.15, -0.1) is 0 Å². The van der Waals surface area contributed by atoms with Crippen molar-refractivity contribution >= 4 is 23.8 Å². The molecule has 0 aromatic rings. The number of urea groups is 1. The normalized spacial score (nSPS) is 21.9. The van der Waals surface area contributed by atoms with Crippen LogP contribution in [-0.4, -0.2) is 41.9 Å². The Morgan fingerprint density at radius 1 is 1.28 bits per heavy atom. The molecular formula is C11H16N2O5. The summed E-state index contributed by atoms with van der Waals surface area (Å²) in [5.41, 5.74) is 0.